The third kappa shape index (κ3) is 13.2. The largest absolute Gasteiger partial charge is 0.466 e. The van der Waals surface area contributed by atoms with E-state index in [-0.39, 0.29) is 12.5 Å². The van der Waals surface area contributed by atoms with Crippen LogP contribution in [-0.2, 0) is 9.53 Å². The highest BCUT2D eigenvalue weighted by Crippen LogP contribution is 2.18. The molecule has 0 heterocycles. The molecule has 0 aromatic heterocycles. The van der Waals surface area contributed by atoms with Crippen LogP contribution in [-0.4, -0.2) is 31.8 Å². The molecule has 0 aliphatic carbocycles. The van der Waals surface area contributed by atoms with Gasteiger partial charge in [-0.05, 0) is 26.3 Å². The van der Waals surface area contributed by atoms with E-state index >= 15 is 0 Å². The van der Waals surface area contributed by atoms with Crippen molar-refractivity contribution in [2.24, 2.45) is 0 Å². The minimum absolute atomic E-state index is 0.0403. The second-order valence-electron chi connectivity index (χ2n) is 3.73. The molecular formula is C11H20F3NO2. The van der Waals surface area contributed by atoms with Gasteiger partial charge in [0.05, 0.1) is 13.0 Å². The van der Waals surface area contributed by atoms with Crippen molar-refractivity contribution in [2.75, 3.05) is 19.7 Å². The zero-order valence-corrected chi connectivity index (χ0v) is 10.1. The third-order valence-electron chi connectivity index (χ3n) is 2.13. The minimum Gasteiger partial charge on any atom is -0.466 e. The molecule has 0 amide bonds. The number of unbranched alkanes of at least 4 members (excludes halogenated alkanes) is 2. The summed E-state index contributed by atoms with van der Waals surface area (Å²) >= 11 is 0. The van der Waals surface area contributed by atoms with Gasteiger partial charge in [0.25, 0.3) is 0 Å². The van der Waals surface area contributed by atoms with Crippen LogP contribution >= 0.6 is 0 Å². The molecule has 0 saturated heterocycles. The Morgan fingerprint density at radius 3 is 2.47 bits per heavy atom. The molecule has 17 heavy (non-hydrogen) atoms. The lowest BCUT2D eigenvalue weighted by atomic mass is 10.2. The van der Waals surface area contributed by atoms with Crippen LogP contribution in [0, 0.1) is 0 Å². The smallest absolute Gasteiger partial charge is 0.390 e. The Balaban J connectivity index is 3.16. The van der Waals surface area contributed by atoms with Crippen molar-refractivity contribution in [1.29, 1.82) is 0 Å². The first-order chi connectivity index (χ1) is 7.95. The van der Waals surface area contributed by atoms with E-state index in [9.17, 15) is 18.0 Å². The molecule has 0 bridgehead atoms. The fraction of sp³-hybridized carbons (Fsp3) is 0.909. The van der Waals surface area contributed by atoms with Crippen molar-refractivity contribution in [3.05, 3.63) is 0 Å². The first-order valence-electron chi connectivity index (χ1n) is 5.89. The van der Waals surface area contributed by atoms with Crippen molar-refractivity contribution in [1.82, 2.24) is 5.32 Å². The molecule has 0 atom stereocenters. The van der Waals surface area contributed by atoms with Gasteiger partial charge in [0.15, 0.2) is 0 Å². The van der Waals surface area contributed by atoms with Crippen LogP contribution in [0.2, 0.25) is 0 Å². The summed E-state index contributed by atoms with van der Waals surface area (Å²) in [7, 11) is 0. The normalized spacial score (nSPS) is 11.5. The zero-order chi connectivity index (χ0) is 13.1. The van der Waals surface area contributed by atoms with Crippen LogP contribution in [0.3, 0.4) is 0 Å². The number of rotatable bonds is 9. The molecule has 1 N–H and O–H groups in total. The van der Waals surface area contributed by atoms with E-state index in [1.54, 1.807) is 6.92 Å². The lowest BCUT2D eigenvalue weighted by molar-refractivity contribution is -0.143. The van der Waals surface area contributed by atoms with Gasteiger partial charge in [0, 0.05) is 13.0 Å². The maximum atomic E-state index is 11.8. The maximum absolute atomic E-state index is 11.8. The molecule has 0 fully saturated rings. The Morgan fingerprint density at radius 2 is 1.88 bits per heavy atom. The topological polar surface area (TPSA) is 38.3 Å². The second-order valence-corrected chi connectivity index (χ2v) is 3.73. The number of halogens is 3. The molecule has 6 heteroatoms. The highest BCUT2D eigenvalue weighted by Gasteiger charge is 2.25. The Morgan fingerprint density at radius 1 is 1.18 bits per heavy atom. The van der Waals surface area contributed by atoms with E-state index in [1.165, 1.54) is 0 Å². The molecule has 0 aliphatic rings. The van der Waals surface area contributed by atoms with Gasteiger partial charge in [-0.1, -0.05) is 6.42 Å². The predicted molar refractivity (Wildman–Crippen MR) is 58.6 cm³/mol. The van der Waals surface area contributed by atoms with Crippen LogP contribution in [0.5, 0.6) is 0 Å². The number of carbonyl (C=O) groups is 1. The van der Waals surface area contributed by atoms with E-state index in [1.807, 2.05) is 0 Å². The van der Waals surface area contributed by atoms with E-state index in [2.05, 4.69) is 5.32 Å². The van der Waals surface area contributed by atoms with Crippen LogP contribution < -0.4 is 5.32 Å². The number of carbonyl (C=O) groups excluding carboxylic acids is 1. The summed E-state index contributed by atoms with van der Waals surface area (Å²) in [5, 5.41) is 2.72. The molecule has 0 spiro atoms. The van der Waals surface area contributed by atoms with Gasteiger partial charge < -0.3 is 10.1 Å². The molecule has 0 radical (unpaired) electrons. The highest BCUT2D eigenvalue weighted by atomic mass is 19.4. The van der Waals surface area contributed by atoms with Gasteiger partial charge in [0.1, 0.15) is 0 Å². The standard InChI is InChI=1S/C11H20F3NO2/c1-2-17-10(16)6-4-3-5-8-15-9-7-11(12,13)14/h15H,2-9H2,1H3. The monoisotopic (exact) mass is 255 g/mol. The number of hydrogen-bond acceptors (Lipinski definition) is 3. The van der Waals surface area contributed by atoms with E-state index in [0.717, 1.165) is 19.3 Å². The summed E-state index contributed by atoms with van der Waals surface area (Å²) in [6, 6.07) is 0. The fourth-order valence-electron chi connectivity index (χ4n) is 1.28. The summed E-state index contributed by atoms with van der Waals surface area (Å²) in [5.41, 5.74) is 0. The lowest BCUT2D eigenvalue weighted by Gasteiger charge is -2.07. The summed E-state index contributed by atoms with van der Waals surface area (Å²) in [4.78, 5) is 10.9. The van der Waals surface area contributed by atoms with Gasteiger partial charge in [-0.2, -0.15) is 13.2 Å². The molecule has 0 aromatic carbocycles. The summed E-state index contributed by atoms with van der Waals surface area (Å²) in [6.45, 7) is 2.65. The number of hydrogen-bond donors (Lipinski definition) is 1. The van der Waals surface area contributed by atoms with Gasteiger partial charge >= 0.3 is 12.1 Å². The number of nitrogens with one attached hydrogen (secondary N) is 1. The quantitative estimate of drug-likeness (QED) is 0.508. The van der Waals surface area contributed by atoms with Crippen LogP contribution in [0.25, 0.3) is 0 Å². The van der Waals surface area contributed by atoms with Crippen molar-refractivity contribution >= 4 is 5.97 Å². The van der Waals surface area contributed by atoms with Gasteiger partial charge in [-0.15, -0.1) is 0 Å². The number of ether oxygens (including phenoxy) is 1. The SMILES string of the molecule is CCOC(=O)CCCCCNCCC(F)(F)F. The minimum atomic E-state index is -4.09. The lowest BCUT2D eigenvalue weighted by Crippen LogP contribution is -2.22. The van der Waals surface area contributed by atoms with Gasteiger partial charge in [0.2, 0.25) is 0 Å². The molecule has 3 nitrogen and oxygen atoms in total. The second kappa shape index (κ2) is 9.27. The average molecular weight is 255 g/mol. The average Bonchev–Trinajstić information content (AvgIpc) is 2.21. The molecule has 0 rings (SSSR count). The summed E-state index contributed by atoms with van der Waals surface area (Å²) in [5.74, 6) is -0.211. The first kappa shape index (κ1) is 16.2. The summed E-state index contributed by atoms with van der Waals surface area (Å²) in [6.07, 6.45) is -2.18. The Labute approximate surface area is 99.7 Å². The van der Waals surface area contributed by atoms with Gasteiger partial charge in [-0.3, -0.25) is 4.79 Å². The molecule has 0 saturated carbocycles. The Hall–Kier alpha value is -0.780. The predicted octanol–water partition coefficient (Wildman–Crippen LogP) is 2.65. The molecule has 0 aliphatic heterocycles. The number of esters is 1. The molecule has 0 aromatic rings. The molecular weight excluding hydrogens is 235 g/mol. The fourth-order valence-corrected chi connectivity index (χ4v) is 1.28. The van der Waals surface area contributed by atoms with E-state index in [4.69, 9.17) is 4.74 Å². The van der Waals surface area contributed by atoms with Crippen LogP contribution in [0.1, 0.15) is 39.0 Å². The van der Waals surface area contributed by atoms with Gasteiger partial charge in [-0.25, -0.2) is 0 Å². The van der Waals surface area contributed by atoms with Crippen molar-refractivity contribution in [2.45, 2.75) is 45.2 Å². The van der Waals surface area contributed by atoms with Crippen LogP contribution in [0.4, 0.5) is 13.2 Å². The zero-order valence-electron chi connectivity index (χ0n) is 10.1. The molecule has 102 valence electrons. The first-order valence-corrected chi connectivity index (χ1v) is 5.89. The maximum Gasteiger partial charge on any atom is 0.390 e. The van der Waals surface area contributed by atoms with E-state index < -0.39 is 12.6 Å². The van der Waals surface area contributed by atoms with Crippen molar-refractivity contribution in [3.8, 4) is 0 Å². The number of alkyl halides is 3. The van der Waals surface area contributed by atoms with Crippen LogP contribution in [0.15, 0.2) is 0 Å². The van der Waals surface area contributed by atoms with E-state index in [0.29, 0.717) is 19.6 Å². The summed E-state index contributed by atoms with van der Waals surface area (Å²) < 4.78 is 40.0. The highest BCUT2D eigenvalue weighted by molar-refractivity contribution is 5.69. The molecule has 0 unspecified atom stereocenters. The Bertz CT molecular complexity index is 207. The van der Waals surface area contributed by atoms with Crippen molar-refractivity contribution < 1.29 is 22.7 Å². The third-order valence-corrected chi connectivity index (χ3v) is 2.13. The Kier molecular flexibility index (Phi) is 8.85. The van der Waals surface area contributed by atoms with Crippen molar-refractivity contribution in [3.63, 3.8) is 0 Å².